The van der Waals surface area contributed by atoms with Crippen LogP contribution in [0, 0.1) is 0 Å². The first-order chi connectivity index (χ1) is 11.5. The van der Waals surface area contributed by atoms with Gasteiger partial charge in [-0.1, -0.05) is 6.07 Å². The number of thioether (sulfide) groups is 1. The molecular formula is C17H25N3O3S. The van der Waals surface area contributed by atoms with Gasteiger partial charge in [-0.05, 0) is 44.3 Å². The Balaban J connectivity index is 1.76. The molecule has 0 aliphatic carbocycles. The van der Waals surface area contributed by atoms with Gasteiger partial charge in [0.15, 0.2) is 0 Å². The molecule has 2 rings (SSSR count). The van der Waals surface area contributed by atoms with E-state index in [1.165, 1.54) is 0 Å². The van der Waals surface area contributed by atoms with Gasteiger partial charge in [0.05, 0.1) is 13.1 Å². The van der Waals surface area contributed by atoms with Crippen molar-refractivity contribution in [2.24, 2.45) is 0 Å². The van der Waals surface area contributed by atoms with E-state index in [-0.39, 0.29) is 18.5 Å². The number of carboxylic acid groups (broad SMARTS) is 1. The lowest BCUT2D eigenvalue weighted by atomic mass is 10.0. The second kappa shape index (κ2) is 9.05. The number of benzene rings is 1. The van der Waals surface area contributed by atoms with Crippen LogP contribution in [0.15, 0.2) is 29.2 Å². The molecule has 1 amide bonds. The van der Waals surface area contributed by atoms with E-state index in [0.717, 1.165) is 36.5 Å². The Morgan fingerprint density at radius 2 is 2.08 bits per heavy atom. The van der Waals surface area contributed by atoms with Crippen molar-refractivity contribution < 1.29 is 14.7 Å². The standard InChI is InChI=1S/C17H25N3O3S/c1-19(12-17(22)23)14-6-8-20(9-7-14)11-16(21)18-13-4-3-5-15(10-13)24-2/h3-5,10,14H,6-9,11-12H2,1-2H3,(H,18,21)(H,22,23). The zero-order chi connectivity index (χ0) is 17.5. The number of hydrogen-bond acceptors (Lipinski definition) is 5. The largest absolute Gasteiger partial charge is 0.480 e. The molecule has 0 bridgehead atoms. The molecule has 7 heteroatoms. The molecule has 1 aromatic carbocycles. The fraction of sp³-hybridized carbons (Fsp3) is 0.529. The lowest BCUT2D eigenvalue weighted by Crippen LogP contribution is -2.46. The van der Waals surface area contributed by atoms with Crippen LogP contribution in [0.4, 0.5) is 5.69 Å². The van der Waals surface area contributed by atoms with E-state index in [4.69, 9.17) is 5.11 Å². The number of carboxylic acids is 1. The van der Waals surface area contributed by atoms with Crippen LogP contribution < -0.4 is 5.32 Å². The summed E-state index contributed by atoms with van der Waals surface area (Å²) in [6.45, 7) is 2.07. The maximum atomic E-state index is 12.2. The monoisotopic (exact) mass is 351 g/mol. The number of likely N-dealkylation sites (tertiary alicyclic amines) is 1. The maximum absolute atomic E-state index is 12.2. The molecule has 0 unspecified atom stereocenters. The third-order valence-corrected chi connectivity index (χ3v) is 5.01. The van der Waals surface area contributed by atoms with E-state index < -0.39 is 5.97 Å². The normalized spacial score (nSPS) is 16.3. The third-order valence-electron chi connectivity index (χ3n) is 4.29. The number of carbonyl (C=O) groups excluding carboxylic acids is 1. The number of piperidine rings is 1. The molecule has 0 aromatic heterocycles. The summed E-state index contributed by atoms with van der Waals surface area (Å²) in [7, 11) is 1.85. The van der Waals surface area contributed by atoms with Crippen LogP contribution in [0.25, 0.3) is 0 Å². The molecule has 1 aliphatic rings. The Kier molecular flexibility index (Phi) is 7.08. The average Bonchev–Trinajstić information content (AvgIpc) is 2.55. The topological polar surface area (TPSA) is 72.9 Å². The van der Waals surface area contributed by atoms with Crippen molar-refractivity contribution in [1.29, 1.82) is 0 Å². The molecule has 1 fully saturated rings. The highest BCUT2D eigenvalue weighted by Crippen LogP contribution is 2.19. The van der Waals surface area contributed by atoms with Crippen molar-refractivity contribution in [1.82, 2.24) is 9.80 Å². The Labute approximate surface area is 147 Å². The summed E-state index contributed by atoms with van der Waals surface area (Å²) in [5.41, 5.74) is 0.822. The molecule has 24 heavy (non-hydrogen) atoms. The summed E-state index contributed by atoms with van der Waals surface area (Å²) < 4.78 is 0. The smallest absolute Gasteiger partial charge is 0.317 e. The third kappa shape index (κ3) is 5.81. The van der Waals surface area contributed by atoms with Crippen LogP contribution in [0.5, 0.6) is 0 Å². The Hall–Kier alpha value is -1.57. The van der Waals surface area contributed by atoms with Crippen LogP contribution in [0.3, 0.4) is 0 Å². The van der Waals surface area contributed by atoms with Gasteiger partial charge in [0, 0.05) is 29.7 Å². The van der Waals surface area contributed by atoms with E-state index in [2.05, 4.69) is 10.2 Å². The lowest BCUT2D eigenvalue weighted by molar-refractivity contribution is -0.138. The van der Waals surface area contributed by atoms with Gasteiger partial charge in [-0.3, -0.25) is 19.4 Å². The van der Waals surface area contributed by atoms with Crippen molar-refractivity contribution >= 4 is 29.3 Å². The van der Waals surface area contributed by atoms with Gasteiger partial charge < -0.3 is 10.4 Å². The molecule has 1 aromatic rings. The minimum atomic E-state index is -0.799. The van der Waals surface area contributed by atoms with E-state index in [1.54, 1.807) is 11.8 Å². The van der Waals surface area contributed by atoms with Gasteiger partial charge in [0.2, 0.25) is 5.91 Å². The van der Waals surface area contributed by atoms with Crippen molar-refractivity contribution in [2.75, 3.05) is 44.8 Å². The van der Waals surface area contributed by atoms with Gasteiger partial charge in [-0.2, -0.15) is 0 Å². The van der Waals surface area contributed by atoms with Crippen LogP contribution in [0.1, 0.15) is 12.8 Å². The van der Waals surface area contributed by atoms with Crippen molar-refractivity contribution in [3.8, 4) is 0 Å². The minimum Gasteiger partial charge on any atom is -0.480 e. The van der Waals surface area contributed by atoms with Crippen molar-refractivity contribution in [3.05, 3.63) is 24.3 Å². The van der Waals surface area contributed by atoms with Crippen LogP contribution in [0.2, 0.25) is 0 Å². The first kappa shape index (κ1) is 18.8. The van der Waals surface area contributed by atoms with Crippen LogP contribution in [-0.4, -0.2) is 72.3 Å². The Morgan fingerprint density at radius 1 is 1.38 bits per heavy atom. The predicted molar refractivity (Wildman–Crippen MR) is 96.6 cm³/mol. The number of anilines is 1. The van der Waals surface area contributed by atoms with Gasteiger partial charge >= 0.3 is 5.97 Å². The number of hydrogen-bond donors (Lipinski definition) is 2. The Morgan fingerprint density at radius 3 is 2.71 bits per heavy atom. The van der Waals surface area contributed by atoms with Gasteiger partial charge in [0.25, 0.3) is 0 Å². The Bertz CT molecular complexity index is 574. The zero-order valence-corrected chi connectivity index (χ0v) is 15.0. The lowest BCUT2D eigenvalue weighted by Gasteiger charge is -2.35. The molecular weight excluding hydrogens is 326 g/mol. The second-order valence-corrected chi connectivity index (χ2v) is 6.98. The molecule has 0 spiro atoms. The quantitative estimate of drug-likeness (QED) is 0.730. The molecule has 132 valence electrons. The summed E-state index contributed by atoms with van der Waals surface area (Å²) in [6, 6.07) is 8.09. The SMILES string of the molecule is CSc1cccc(NC(=O)CN2CCC(N(C)CC(=O)O)CC2)c1. The highest BCUT2D eigenvalue weighted by Gasteiger charge is 2.24. The highest BCUT2D eigenvalue weighted by atomic mass is 32.2. The molecule has 2 N–H and O–H groups in total. The van der Waals surface area contributed by atoms with Crippen molar-refractivity contribution in [3.63, 3.8) is 0 Å². The van der Waals surface area contributed by atoms with Crippen LogP contribution >= 0.6 is 11.8 Å². The molecule has 6 nitrogen and oxygen atoms in total. The zero-order valence-electron chi connectivity index (χ0n) is 14.2. The van der Waals surface area contributed by atoms with Gasteiger partial charge in [-0.15, -0.1) is 11.8 Å². The molecule has 0 saturated carbocycles. The number of amides is 1. The predicted octanol–water partition coefficient (Wildman–Crippen LogP) is 1.83. The molecule has 1 heterocycles. The van der Waals surface area contributed by atoms with Gasteiger partial charge in [-0.25, -0.2) is 0 Å². The summed E-state index contributed by atoms with van der Waals surface area (Å²) in [5, 5.41) is 11.8. The number of nitrogens with one attached hydrogen (secondary N) is 1. The van der Waals surface area contributed by atoms with E-state index >= 15 is 0 Å². The van der Waals surface area contributed by atoms with Crippen molar-refractivity contribution in [2.45, 2.75) is 23.8 Å². The molecule has 1 aliphatic heterocycles. The fourth-order valence-electron chi connectivity index (χ4n) is 2.97. The fourth-order valence-corrected chi connectivity index (χ4v) is 3.42. The summed E-state index contributed by atoms with van der Waals surface area (Å²) >= 11 is 1.64. The number of carbonyl (C=O) groups is 2. The van der Waals surface area contributed by atoms with E-state index in [0.29, 0.717) is 6.54 Å². The van der Waals surface area contributed by atoms with E-state index in [1.807, 2.05) is 42.5 Å². The summed E-state index contributed by atoms with van der Waals surface area (Å²) in [6.07, 6.45) is 3.78. The first-order valence-corrected chi connectivity index (χ1v) is 9.28. The highest BCUT2D eigenvalue weighted by molar-refractivity contribution is 7.98. The number of rotatable bonds is 7. The average molecular weight is 351 g/mol. The second-order valence-electron chi connectivity index (χ2n) is 6.10. The number of nitrogens with zero attached hydrogens (tertiary/aromatic N) is 2. The number of aliphatic carboxylic acids is 1. The van der Waals surface area contributed by atoms with Gasteiger partial charge in [0.1, 0.15) is 0 Å². The molecule has 1 saturated heterocycles. The molecule has 0 atom stereocenters. The summed E-state index contributed by atoms with van der Waals surface area (Å²) in [5.74, 6) is -0.808. The number of likely N-dealkylation sites (N-methyl/N-ethyl adjacent to an activating group) is 1. The first-order valence-electron chi connectivity index (χ1n) is 8.06. The molecule has 0 radical (unpaired) electrons. The minimum absolute atomic E-state index is 0.00871. The summed E-state index contributed by atoms with van der Waals surface area (Å²) in [4.78, 5) is 28.1. The van der Waals surface area contributed by atoms with E-state index in [9.17, 15) is 9.59 Å². The maximum Gasteiger partial charge on any atom is 0.317 e. The van der Waals surface area contributed by atoms with Crippen LogP contribution in [-0.2, 0) is 9.59 Å².